The third kappa shape index (κ3) is 2.21. The summed E-state index contributed by atoms with van der Waals surface area (Å²) in [7, 11) is 0. The van der Waals surface area contributed by atoms with Crippen LogP contribution in [0, 0.1) is 5.82 Å². The van der Waals surface area contributed by atoms with Crippen LogP contribution in [0.1, 0.15) is 6.42 Å². The molecule has 2 fully saturated rings. The van der Waals surface area contributed by atoms with Crippen LogP contribution in [-0.4, -0.2) is 44.2 Å². The Hall–Kier alpha value is -1.79. The molecule has 1 atom stereocenters. The Kier molecular flexibility index (Phi) is 3.50. The van der Waals surface area contributed by atoms with Crippen LogP contribution in [0.15, 0.2) is 24.3 Å². The molecule has 2 saturated heterocycles. The van der Waals surface area contributed by atoms with Crippen LogP contribution in [0.4, 0.5) is 10.1 Å². The molecule has 0 aliphatic carbocycles. The van der Waals surface area contributed by atoms with Crippen molar-refractivity contribution in [3.05, 3.63) is 30.1 Å². The Morgan fingerprint density at radius 2 is 1.90 bits per heavy atom. The number of imide groups is 1. The van der Waals surface area contributed by atoms with Crippen LogP contribution in [-0.2, 0) is 14.3 Å². The van der Waals surface area contributed by atoms with Gasteiger partial charge in [0.15, 0.2) is 6.04 Å². The first-order valence-corrected chi connectivity index (χ1v) is 6.72. The highest BCUT2D eigenvalue weighted by atomic mass is 19.1. The van der Waals surface area contributed by atoms with E-state index in [1.54, 1.807) is 6.07 Å². The minimum atomic E-state index is -0.549. The Labute approximate surface area is 115 Å². The number of nitrogens with zero attached hydrogens (tertiary/aromatic N) is 1. The van der Waals surface area contributed by atoms with Gasteiger partial charge in [-0.25, -0.2) is 9.29 Å². The fourth-order valence-corrected chi connectivity index (χ4v) is 2.82. The smallest absolute Gasteiger partial charge is 0.292 e. The number of carbonyl (C=O) groups excluding carboxylic acids is 2. The van der Waals surface area contributed by atoms with Crippen molar-refractivity contribution in [3.8, 4) is 0 Å². The number of carbonyl (C=O) groups is 2. The number of hydrogen-bond donors (Lipinski definition) is 1. The van der Waals surface area contributed by atoms with Gasteiger partial charge in [-0.05, 0) is 12.1 Å². The molecule has 2 amide bonds. The lowest BCUT2D eigenvalue weighted by molar-refractivity contribution is -0.922. The summed E-state index contributed by atoms with van der Waals surface area (Å²) in [6, 6.07) is 5.46. The van der Waals surface area contributed by atoms with Gasteiger partial charge in [0.2, 0.25) is 5.91 Å². The van der Waals surface area contributed by atoms with Crippen molar-refractivity contribution in [2.45, 2.75) is 12.5 Å². The quantitative estimate of drug-likeness (QED) is 0.734. The standard InChI is InChI=1S/C14H15FN2O3/c15-10-3-1-2-4-11(10)17-13(18)9-12(14(17)19)16-5-7-20-8-6-16/h1-4,12H,5-9H2/p+1/t12-/m1/s1. The Morgan fingerprint density at radius 1 is 1.20 bits per heavy atom. The summed E-state index contributed by atoms with van der Waals surface area (Å²) in [5.74, 6) is -1.19. The molecule has 0 unspecified atom stereocenters. The Balaban J connectivity index is 1.85. The SMILES string of the molecule is O=C1C[C@@H]([NH+]2CCOCC2)C(=O)N1c1ccccc1F. The molecule has 0 aromatic heterocycles. The summed E-state index contributed by atoms with van der Waals surface area (Å²) >= 11 is 0. The average molecular weight is 279 g/mol. The lowest BCUT2D eigenvalue weighted by atomic mass is 10.2. The molecule has 20 heavy (non-hydrogen) atoms. The number of halogens is 1. The summed E-state index contributed by atoms with van der Waals surface area (Å²) in [5, 5.41) is 0. The van der Waals surface area contributed by atoms with Crippen LogP contribution in [0.5, 0.6) is 0 Å². The molecule has 0 radical (unpaired) electrons. The third-order valence-corrected chi connectivity index (χ3v) is 3.87. The second-order valence-electron chi connectivity index (χ2n) is 5.05. The zero-order valence-corrected chi connectivity index (χ0v) is 11.0. The summed E-state index contributed by atoms with van der Waals surface area (Å²) in [4.78, 5) is 26.6. The molecule has 1 aromatic rings. The highest BCUT2D eigenvalue weighted by molar-refractivity contribution is 6.21. The maximum atomic E-state index is 13.8. The van der Waals surface area contributed by atoms with Crippen molar-refractivity contribution < 1.29 is 23.6 Å². The van der Waals surface area contributed by atoms with Gasteiger partial charge in [-0.3, -0.25) is 9.59 Å². The van der Waals surface area contributed by atoms with Crippen molar-refractivity contribution in [1.82, 2.24) is 0 Å². The number of quaternary nitrogens is 1. The number of morpholine rings is 1. The number of benzene rings is 1. The zero-order valence-electron chi connectivity index (χ0n) is 11.0. The number of hydrogen-bond acceptors (Lipinski definition) is 3. The van der Waals surface area contributed by atoms with E-state index >= 15 is 0 Å². The monoisotopic (exact) mass is 279 g/mol. The molecule has 2 heterocycles. The molecule has 1 N–H and O–H groups in total. The predicted molar refractivity (Wildman–Crippen MR) is 68.8 cm³/mol. The van der Waals surface area contributed by atoms with Crippen molar-refractivity contribution >= 4 is 17.5 Å². The highest BCUT2D eigenvalue weighted by Gasteiger charge is 2.46. The molecule has 5 nitrogen and oxygen atoms in total. The van der Waals surface area contributed by atoms with Gasteiger partial charge < -0.3 is 9.64 Å². The van der Waals surface area contributed by atoms with Gasteiger partial charge in [0, 0.05) is 0 Å². The van der Waals surface area contributed by atoms with E-state index in [0.29, 0.717) is 26.3 Å². The predicted octanol–water partition coefficient (Wildman–Crippen LogP) is -0.627. The second kappa shape index (κ2) is 5.30. The van der Waals surface area contributed by atoms with Gasteiger partial charge in [0.1, 0.15) is 18.9 Å². The molecule has 2 aliphatic heterocycles. The lowest BCUT2D eigenvalue weighted by Crippen LogP contribution is -3.18. The summed E-state index contributed by atoms with van der Waals surface area (Å²) in [6.07, 6.45) is 0.141. The molecule has 2 aliphatic rings. The highest BCUT2D eigenvalue weighted by Crippen LogP contribution is 2.24. The van der Waals surface area contributed by atoms with E-state index in [2.05, 4.69) is 0 Å². The molecule has 0 spiro atoms. The van der Waals surface area contributed by atoms with E-state index in [1.807, 2.05) is 0 Å². The minimum Gasteiger partial charge on any atom is -0.370 e. The molecule has 3 rings (SSSR count). The normalized spacial score (nSPS) is 24.4. The van der Waals surface area contributed by atoms with Crippen molar-refractivity contribution in [2.24, 2.45) is 0 Å². The van der Waals surface area contributed by atoms with Crippen molar-refractivity contribution in [2.75, 3.05) is 31.2 Å². The van der Waals surface area contributed by atoms with E-state index in [4.69, 9.17) is 4.74 Å². The first kappa shape index (κ1) is 13.2. The second-order valence-corrected chi connectivity index (χ2v) is 5.05. The minimum absolute atomic E-state index is 0.0534. The van der Waals surface area contributed by atoms with Gasteiger partial charge in [-0.1, -0.05) is 12.1 Å². The van der Waals surface area contributed by atoms with Gasteiger partial charge in [0.25, 0.3) is 5.91 Å². The van der Waals surface area contributed by atoms with E-state index < -0.39 is 11.9 Å². The van der Waals surface area contributed by atoms with Crippen LogP contribution < -0.4 is 9.80 Å². The number of para-hydroxylation sites is 1. The van der Waals surface area contributed by atoms with Crippen LogP contribution in [0.25, 0.3) is 0 Å². The average Bonchev–Trinajstić information content (AvgIpc) is 2.76. The molecular formula is C14H16FN2O3+. The van der Waals surface area contributed by atoms with E-state index in [1.165, 1.54) is 18.2 Å². The first-order valence-electron chi connectivity index (χ1n) is 6.72. The number of rotatable bonds is 2. The maximum Gasteiger partial charge on any atom is 0.292 e. The van der Waals surface area contributed by atoms with Crippen molar-refractivity contribution in [1.29, 1.82) is 0 Å². The van der Waals surface area contributed by atoms with Crippen LogP contribution in [0.3, 0.4) is 0 Å². The summed E-state index contributed by atoms with van der Waals surface area (Å²) in [6.45, 7) is 2.59. The van der Waals surface area contributed by atoms with Crippen LogP contribution >= 0.6 is 0 Å². The largest absolute Gasteiger partial charge is 0.370 e. The summed E-state index contributed by atoms with van der Waals surface area (Å²) in [5.41, 5.74) is 0.0534. The molecule has 1 aromatic carbocycles. The first-order chi connectivity index (χ1) is 9.68. The molecule has 0 saturated carbocycles. The van der Waals surface area contributed by atoms with E-state index in [-0.39, 0.29) is 23.9 Å². The molecule has 6 heteroatoms. The van der Waals surface area contributed by atoms with Gasteiger partial charge in [-0.15, -0.1) is 0 Å². The van der Waals surface area contributed by atoms with Gasteiger partial charge >= 0.3 is 0 Å². The number of amides is 2. The Bertz CT molecular complexity index is 543. The fraction of sp³-hybridized carbons (Fsp3) is 0.429. The molecular weight excluding hydrogens is 263 g/mol. The number of nitrogens with one attached hydrogen (secondary N) is 1. The summed E-state index contributed by atoms with van der Waals surface area (Å²) < 4.78 is 19.0. The number of ether oxygens (including phenoxy) is 1. The fourth-order valence-electron chi connectivity index (χ4n) is 2.82. The third-order valence-electron chi connectivity index (χ3n) is 3.87. The molecule has 106 valence electrons. The maximum absolute atomic E-state index is 13.8. The molecule has 0 bridgehead atoms. The number of anilines is 1. The van der Waals surface area contributed by atoms with E-state index in [0.717, 1.165) is 9.80 Å². The van der Waals surface area contributed by atoms with E-state index in [9.17, 15) is 14.0 Å². The zero-order chi connectivity index (χ0) is 14.1. The Morgan fingerprint density at radius 3 is 2.60 bits per heavy atom. The topological polar surface area (TPSA) is 51.1 Å². The van der Waals surface area contributed by atoms with Crippen LogP contribution in [0.2, 0.25) is 0 Å². The lowest BCUT2D eigenvalue weighted by Gasteiger charge is -2.27. The van der Waals surface area contributed by atoms with Gasteiger partial charge in [-0.2, -0.15) is 0 Å². The van der Waals surface area contributed by atoms with Crippen molar-refractivity contribution in [3.63, 3.8) is 0 Å². The van der Waals surface area contributed by atoms with Gasteiger partial charge in [0.05, 0.1) is 25.3 Å².